The van der Waals surface area contributed by atoms with Gasteiger partial charge in [0.2, 0.25) is 0 Å². The lowest BCUT2D eigenvalue weighted by molar-refractivity contribution is 0.102. The molecule has 0 fully saturated rings. The zero-order valence-corrected chi connectivity index (χ0v) is 18.5. The summed E-state index contributed by atoms with van der Waals surface area (Å²) in [7, 11) is 0. The summed E-state index contributed by atoms with van der Waals surface area (Å²) in [5.41, 5.74) is 2.80. The number of benzene rings is 3. The summed E-state index contributed by atoms with van der Waals surface area (Å²) < 4.78 is 11.1. The number of aromatic nitrogens is 2. The van der Waals surface area contributed by atoms with E-state index in [9.17, 15) is 4.79 Å². The maximum absolute atomic E-state index is 12.5. The zero-order chi connectivity index (χ0) is 21.6. The van der Waals surface area contributed by atoms with Crippen molar-refractivity contribution in [2.24, 2.45) is 0 Å². The molecule has 4 aromatic rings. The number of carbonyl (C=O) groups excluding carboxylic acids is 1. The molecule has 4 rings (SSSR count). The Bertz CT molecular complexity index is 1180. The van der Waals surface area contributed by atoms with Crippen LogP contribution in [-0.2, 0) is 6.61 Å². The Hall–Kier alpha value is -2.80. The van der Waals surface area contributed by atoms with Crippen molar-refractivity contribution in [1.29, 1.82) is 0 Å². The van der Waals surface area contributed by atoms with Gasteiger partial charge in [-0.3, -0.25) is 4.79 Å². The molecule has 156 valence electrons. The number of rotatable bonds is 8. The van der Waals surface area contributed by atoms with Crippen LogP contribution in [0.2, 0.25) is 10.0 Å². The average Bonchev–Trinajstić information content (AvgIpc) is 3.25. The van der Waals surface area contributed by atoms with Crippen LogP contribution in [0.4, 0.5) is 0 Å². The van der Waals surface area contributed by atoms with Crippen LogP contribution < -0.4 is 4.74 Å². The van der Waals surface area contributed by atoms with Crippen LogP contribution in [0, 0.1) is 0 Å². The average molecular weight is 471 g/mol. The predicted octanol–water partition coefficient (Wildman–Crippen LogP) is 6.60. The van der Waals surface area contributed by atoms with Crippen molar-refractivity contribution >= 4 is 40.7 Å². The fraction of sp³-hybridized carbons (Fsp3) is 0.0870. The molecule has 0 saturated carbocycles. The van der Waals surface area contributed by atoms with Gasteiger partial charge in [0.15, 0.2) is 12.4 Å². The molecular weight excluding hydrogens is 455 g/mol. The molecule has 0 aliphatic rings. The van der Waals surface area contributed by atoms with Gasteiger partial charge >= 0.3 is 0 Å². The normalized spacial score (nSPS) is 10.8. The Balaban J connectivity index is 1.30. The quantitative estimate of drug-likeness (QED) is 0.213. The van der Waals surface area contributed by atoms with E-state index < -0.39 is 0 Å². The van der Waals surface area contributed by atoms with E-state index in [1.54, 1.807) is 18.2 Å². The third-order valence-electron chi connectivity index (χ3n) is 4.33. The summed E-state index contributed by atoms with van der Waals surface area (Å²) in [6.45, 7) is 0.0593. The molecule has 0 bridgehead atoms. The summed E-state index contributed by atoms with van der Waals surface area (Å²) in [5.74, 6) is 0.922. The maximum atomic E-state index is 12.5. The number of ketones is 1. The Morgan fingerprint density at radius 3 is 2.42 bits per heavy atom. The van der Waals surface area contributed by atoms with Crippen molar-refractivity contribution in [3.63, 3.8) is 0 Å². The van der Waals surface area contributed by atoms with Crippen LogP contribution in [0.25, 0.3) is 11.1 Å². The molecule has 5 nitrogen and oxygen atoms in total. The van der Waals surface area contributed by atoms with Crippen LogP contribution in [-0.4, -0.2) is 21.7 Å². The van der Waals surface area contributed by atoms with Crippen LogP contribution >= 0.6 is 35.0 Å². The second kappa shape index (κ2) is 10.0. The Kier molecular flexibility index (Phi) is 6.92. The highest BCUT2D eigenvalue weighted by Crippen LogP contribution is 2.28. The van der Waals surface area contributed by atoms with Gasteiger partial charge in [-0.15, -0.1) is 10.2 Å². The van der Waals surface area contributed by atoms with Crippen LogP contribution in [0.1, 0.15) is 16.2 Å². The van der Waals surface area contributed by atoms with E-state index in [1.807, 2.05) is 54.6 Å². The van der Waals surface area contributed by atoms with Gasteiger partial charge in [0.1, 0.15) is 5.75 Å². The first-order chi connectivity index (χ1) is 15.1. The Labute approximate surface area is 193 Å². The predicted molar refractivity (Wildman–Crippen MR) is 122 cm³/mol. The lowest BCUT2D eigenvalue weighted by Crippen LogP contribution is -2.02. The van der Waals surface area contributed by atoms with Gasteiger partial charge in [-0.2, -0.15) is 0 Å². The van der Waals surface area contributed by atoms with Crippen molar-refractivity contribution in [2.45, 2.75) is 11.8 Å². The molecule has 0 N–H and O–H groups in total. The van der Waals surface area contributed by atoms with Crippen molar-refractivity contribution in [3.05, 3.63) is 94.3 Å². The van der Waals surface area contributed by atoms with Gasteiger partial charge in [-0.1, -0.05) is 89.6 Å². The minimum absolute atomic E-state index is 0.0199. The van der Waals surface area contributed by atoms with E-state index in [-0.39, 0.29) is 24.0 Å². The van der Waals surface area contributed by atoms with E-state index in [2.05, 4.69) is 10.2 Å². The first kappa shape index (κ1) is 21.4. The third-order valence-corrected chi connectivity index (χ3v) is 5.68. The minimum atomic E-state index is -0.0199. The van der Waals surface area contributed by atoms with Crippen LogP contribution in [0.15, 0.2) is 82.4 Å². The number of thioether (sulfide) groups is 1. The molecule has 3 aromatic carbocycles. The highest BCUT2D eigenvalue weighted by atomic mass is 35.5. The second-order valence-corrected chi connectivity index (χ2v) is 8.25. The topological polar surface area (TPSA) is 65.2 Å². The number of ether oxygens (including phenoxy) is 1. The molecule has 0 spiro atoms. The number of halogens is 2. The molecule has 0 aliphatic carbocycles. The van der Waals surface area contributed by atoms with Crippen molar-refractivity contribution in [3.8, 4) is 16.9 Å². The lowest BCUT2D eigenvalue weighted by Gasteiger charge is -2.05. The van der Waals surface area contributed by atoms with Crippen molar-refractivity contribution < 1.29 is 13.9 Å². The monoisotopic (exact) mass is 470 g/mol. The van der Waals surface area contributed by atoms with Crippen molar-refractivity contribution in [2.75, 3.05) is 5.75 Å². The molecule has 0 unspecified atom stereocenters. The summed E-state index contributed by atoms with van der Waals surface area (Å²) >= 11 is 13.1. The second-order valence-electron chi connectivity index (χ2n) is 6.48. The number of nitrogens with zero attached hydrogens (tertiary/aromatic N) is 2. The fourth-order valence-electron chi connectivity index (χ4n) is 2.78. The molecule has 8 heteroatoms. The van der Waals surface area contributed by atoms with E-state index in [1.165, 1.54) is 11.8 Å². The van der Waals surface area contributed by atoms with Crippen LogP contribution in [0.5, 0.6) is 5.75 Å². The molecule has 0 amide bonds. The standard InChI is InChI=1S/C23H16Cl2N2O3S/c24-18-10-11-21(19(25)12-18)29-13-22-26-27-23(30-22)31-14-20(28)17-8-6-16(7-9-17)15-4-2-1-3-5-15/h1-12H,13-14H2. The molecule has 1 aromatic heterocycles. The Morgan fingerprint density at radius 1 is 0.935 bits per heavy atom. The SMILES string of the molecule is O=C(CSc1nnc(COc2ccc(Cl)cc2Cl)o1)c1ccc(-c2ccccc2)cc1. The van der Waals surface area contributed by atoms with Gasteiger partial charge in [-0.05, 0) is 29.3 Å². The molecule has 0 atom stereocenters. The van der Waals surface area contributed by atoms with E-state index in [0.717, 1.165) is 11.1 Å². The van der Waals surface area contributed by atoms with Gasteiger partial charge in [0.05, 0.1) is 10.8 Å². The van der Waals surface area contributed by atoms with E-state index >= 15 is 0 Å². The molecular formula is C23H16Cl2N2O3S. The Morgan fingerprint density at radius 2 is 1.68 bits per heavy atom. The van der Waals surface area contributed by atoms with E-state index in [0.29, 0.717) is 26.6 Å². The molecule has 0 radical (unpaired) electrons. The number of carbonyl (C=O) groups is 1. The van der Waals surface area contributed by atoms with Gasteiger partial charge in [-0.25, -0.2) is 0 Å². The molecule has 0 saturated heterocycles. The first-order valence-corrected chi connectivity index (χ1v) is 11.0. The smallest absolute Gasteiger partial charge is 0.277 e. The number of Topliss-reactive ketones (excluding diaryl/α,β-unsaturated/α-hetero) is 1. The number of hydrogen-bond donors (Lipinski definition) is 0. The summed E-state index contributed by atoms with van der Waals surface area (Å²) in [6, 6.07) is 22.5. The number of hydrogen-bond acceptors (Lipinski definition) is 6. The van der Waals surface area contributed by atoms with Gasteiger partial charge < -0.3 is 9.15 Å². The minimum Gasteiger partial charge on any atom is -0.482 e. The summed E-state index contributed by atoms with van der Waals surface area (Å²) in [4.78, 5) is 12.5. The highest BCUT2D eigenvalue weighted by Gasteiger charge is 2.13. The van der Waals surface area contributed by atoms with Gasteiger partial charge in [0.25, 0.3) is 11.1 Å². The maximum Gasteiger partial charge on any atom is 0.277 e. The summed E-state index contributed by atoms with van der Waals surface area (Å²) in [5, 5.41) is 9.09. The van der Waals surface area contributed by atoms with Crippen molar-refractivity contribution in [1.82, 2.24) is 10.2 Å². The lowest BCUT2D eigenvalue weighted by atomic mass is 10.0. The van der Waals surface area contributed by atoms with Gasteiger partial charge in [0, 0.05) is 10.6 Å². The first-order valence-electron chi connectivity index (χ1n) is 9.30. The molecule has 0 aliphatic heterocycles. The third kappa shape index (κ3) is 5.67. The largest absolute Gasteiger partial charge is 0.482 e. The molecule has 31 heavy (non-hydrogen) atoms. The highest BCUT2D eigenvalue weighted by molar-refractivity contribution is 7.99. The summed E-state index contributed by atoms with van der Waals surface area (Å²) in [6.07, 6.45) is 0. The fourth-order valence-corrected chi connectivity index (χ4v) is 3.91. The van der Waals surface area contributed by atoms with E-state index in [4.69, 9.17) is 32.4 Å². The zero-order valence-electron chi connectivity index (χ0n) is 16.1. The van der Waals surface area contributed by atoms with Crippen LogP contribution in [0.3, 0.4) is 0 Å². The molecule has 1 heterocycles.